The summed E-state index contributed by atoms with van der Waals surface area (Å²) in [5.74, 6) is 8.38. The molecule has 6 nitrogen and oxygen atoms in total. The van der Waals surface area contributed by atoms with Gasteiger partial charge in [-0.3, -0.25) is 9.55 Å². The number of hydrogen-bond donors (Lipinski definition) is 1. The molecule has 1 aromatic carbocycles. The minimum absolute atomic E-state index is 0. The van der Waals surface area contributed by atoms with Gasteiger partial charge in [0.15, 0.2) is 6.04 Å². The average Bonchev–Trinajstić information content (AvgIpc) is 2.86. The molecule has 1 saturated carbocycles. The molecular weight excluding hydrogens is 640 g/mol. The molecule has 39 heavy (non-hydrogen) atoms. The van der Waals surface area contributed by atoms with Crippen LogP contribution < -0.4 is 0 Å². The molecule has 0 spiro atoms. The van der Waals surface area contributed by atoms with Crippen molar-refractivity contribution in [1.82, 2.24) is 0 Å². The van der Waals surface area contributed by atoms with Gasteiger partial charge in [-0.2, -0.15) is 21.6 Å². The Bertz CT molecular complexity index is 919. The third kappa shape index (κ3) is 14.3. The molecule has 0 aromatic heterocycles. The predicted octanol–water partition coefficient (Wildman–Crippen LogP) is 6.21. The molecular formula is C27H34F3NO5RuS2. The van der Waals surface area contributed by atoms with Gasteiger partial charge in [0, 0.05) is 45.0 Å². The van der Waals surface area contributed by atoms with E-state index in [1.165, 1.54) is 48.0 Å². The number of benzene rings is 1. The van der Waals surface area contributed by atoms with Crippen molar-refractivity contribution >= 4 is 39.9 Å². The number of methoxy groups -OCH3 is 1. The summed E-state index contributed by atoms with van der Waals surface area (Å²) in [7, 11) is -4.48. The minimum atomic E-state index is -5.84. The van der Waals surface area contributed by atoms with Gasteiger partial charge in [0.2, 0.25) is 0 Å². The number of carbonyl (C=O) groups excluding carboxylic acids is 1. The van der Waals surface area contributed by atoms with Gasteiger partial charge in [0.25, 0.3) is 0 Å². The Morgan fingerprint density at radius 1 is 0.949 bits per heavy atom. The first kappa shape index (κ1) is 39.9. The minimum Gasteiger partial charge on any atom is -0.467 e. The average molecular weight is 675 g/mol. The van der Waals surface area contributed by atoms with Gasteiger partial charge in [0.1, 0.15) is 0 Å². The molecule has 1 aliphatic carbocycles. The molecule has 0 heterocycles. The van der Waals surface area contributed by atoms with E-state index in [9.17, 15) is 18.0 Å². The Morgan fingerprint density at radius 2 is 1.33 bits per heavy atom. The number of esters is 1. The first-order chi connectivity index (χ1) is 17.5. The number of ether oxygens (including phenoxy) is 1. The van der Waals surface area contributed by atoms with Crippen LogP contribution in [0.3, 0.4) is 0 Å². The SMILES string of the molecule is COC(=O)C(Cc1ccccc1)N=C[CH][CH]C=S.C[C]1[C](C)[C](C)[C](C)[C](C)[C]1C.O=S(=O)(O)C(F)(F)F.[Ru]. The van der Waals surface area contributed by atoms with Crippen molar-refractivity contribution in [2.24, 2.45) is 4.99 Å². The van der Waals surface area contributed by atoms with Crippen LogP contribution in [0.15, 0.2) is 35.3 Å². The van der Waals surface area contributed by atoms with E-state index in [0.29, 0.717) is 6.42 Å². The van der Waals surface area contributed by atoms with Crippen LogP contribution in [0.4, 0.5) is 13.2 Å². The largest absolute Gasteiger partial charge is 0.522 e. The Morgan fingerprint density at radius 3 is 1.64 bits per heavy atom. The normalized spacial score (nSPS) is 17.3. The first-order valence-corrected chi connectivity index (χ1v) is 13.2. The maximum absolute atomic E-state index is 11.6. The van der Waals surface area contributed by atoms with Gasteiger partial charge < -0.3 is 4.74 Å². The molecule has 1 atom stereocenters. The summed E-state index contributed by atoms with van der Waals surface area (Å²) in [5.41, 5.74) is -4.49. The molecule has 1 aliphatic rings. The molecule has 0 aliphatic heterocycles. The summed E-state index contributed by atoms with van der Waals surface area (Å²) in [6, 6.07) is 9.18. The molecule has 12 heteroatoms. The fraction of sp³-hybridized carbons (Fsp3) is 0.370. The third-order valence-electron chi connectivity index (χ3n) is 5.95. The first-order valence-electron chi connectivity index (χ1n) is 11.3. The van der Waals surface area contributed by atoms with E-state index in [1.54, 1.807) is 19.1 Å². The second-order valence-electron chi connectivity index (χ2n) is 8.22. The summed E-state index contributed by atoms with van der Waals surface area (Å²) in [6.07, 6.45) is 5.45. The maximum atomic E-state index is 11.6. The van der Waals surface area contributed by atoms with Gasteiger partial charge in [0.05, 0.1) is 7.11 Å². The number of aliphatic imine (C=N–C) groups is 1. The van der Waals surface area contributed by atoms with Gasteiger partial charge in [-0.05, 0) is 46.4 Å². The zero-order valence-electron chi connectivity index (χ0n) is 22.8. The van der Waals surface area contributed by atoms with Crippen LogP contribution in [0.5, 0.6) is 0 Å². The second kappa shape index (κ2) is 19.0. The van der Waals surface area contributed by atoms with Gasteiger partial charge in [-0.25, -0.2) is 4.79 Å². The maximum Gasteiger partial charge on any atom is 0.522 e. The van der Waals surface area contributed by atoms with E-state index in [-0.39, 0.29) is 25.4 Å². The number of nitrogens with zero attached hydrogens (tertiary/aromatic N) is 1. The topological polar surface area (TPSA) is 93.0 Å². The van der Waals surface area contributed by atoms with Gasteiger partial charge in [-0.15, -0.1) is 0 Å². The number of thiocarbonyl (C=S) groups is 1. The van der Waals surface area contributed by atoms with E-state index in [1.807, 2.05) is 30.3 Å². The molecule has 218 valence electrons. The molecule has 1 unspecified atom stereocenters. The summed E-state index contributed by atoms with van der Waals surface area (Å²) in [4.78, 5) is 15.8. The second-order valence-corrected chi connectivity index (χ2v) is 9.90. The quantitative estimate of drug-likeness (QED) is 0.0704. The van der Waals surface area contributed by atoms with Gasteiger partial charge in [-0.1, -0.05) is 84.1 Å². The Hall–Kier alpha value is -1.23. The van der Waals surface area contributed by atoms with Crippen LogP contribution in [0.25, 0.3) is 0 Å². The van der Waals surface area contributed by atoms with E-state index in [2.05, 4.69) is 58.8 Å². The predicted molar refractivity (Wildman–Crippen MR) is 148 cm³/mol. The molecule has 0 saturated heterocycles. The number of carbonyl (C=O) groups is 1. The third-order valence-corrected chi connectivity index (χ3v) is 6.70. The molecule has 1 fully saturated rings. The Balaban J connectivity index is 0. The zero-order chi connectivity index (χ0) is 29.7. The molecule has 8 radical (unpaired) electrons. The smallest absolute Gasteiger partial charge is 0.467 e. The molecule has 0 amide bonds. The van der Waals surface area contributed by atoms with Crippen LogP contribution in [0.2, 0.25) is 0 Å². The zero-order valence-corrected chi connectivity index (χ0v) is 26.2. The number of hydrogen-bond acceptors (Lipinski definition) is 6. The number of unbranched alkanes of at least 4 members (excludes halogenated alkanes) is 1. The molecule has 1 aromatic rings. The van der Waals surface area contributed by atoms with Crippen molar-refractivity contribution in [3.8, 4) is 0 Å². The van der Waals surface area contributed by atoms with Crippen LogP contribution >= 0.6 is 12.2 Å². The van der Waals surface area contributed by atoms with Crippen molar-refractivity contribution in [1.29, 1.82) is 0 Å². The van der Waals surface area contributed by atoms with Crippen LogP contribution in [-0.4, -0.2) is 49.2 Å². The summed E-state index contributed by atoms with van der Waals surface area (Å²) >= 11 is 4.65. The van der Waals surface area contributed by atoms with E-state index < -0.39 is 21.7 Å². The number of rotatable bonds is 7. The summed E-state index contributed by atoms with van der Waals surface area (Å²) in [6.45, 7) is 13.3. The molecule has 0 bridgehead atoms. The standard InChI is InChI=1S/C14H15NO2S.C12H18.CHF3O3S.Ru/c1-17-14(16)13(15-9-5-6-10-18)11-12-7-3-2-4-8-12;1-7-8(2)10(4)12(6)11(5)9(7)3;2-1(3,4)8(5,6)7;/h2-10,13H,11H2,1H3;1-6H3;(H,5,6,7);. The van der Waals surface area contributed by atoms with Crippen molar-refractivity contribution in [2.75, 3.05) is 7.11 Å². The number of alkyl halides is 3. The Labute approximate surface area is 250 Å². The van der Waals surface area contributed by atoms with Crippen LogP contribution in [0.1, 0.15) is 47.1 Å². The van der Waals surface area contributed by atoms with Gasteiger partial charge >= 0.3 is 21.6 Å². The van der Waals surface area contributed by atoms with Crippen LogP contribution in [-0.2, 0) is 45.5 Å². The summed E-state index contributed by atoms with van der Waals surface area (Å²) in [5, 5.41) is 1.48. The van der Waals surface area contributed by atoms with Crippen molar-refractivity contribution in [3.05, 3.63) is 84.2 Å². The fourth-order valence-electron chi connectivity index (χ4n) is 3.11. The summed E-state index contributed by atoms with van der Waals surface area (Å²) < 4.78 is 62.3. The van der Waals surface area contributed by atoms with Crippen molar-refractivity contribution < 1.29 is 55.2 Å². The van der Waals surface area contributed by atoms with E-state index in [0.717, 1.165) is 5.56 Å². The number of halogens is 3. The van der Waals surface area contributed by atoms with E-state index >= 15 is 0 Å². The molecule has 2 rings (SSSR count). The van der Waals surface area contributed by atoms with E-state index in [4.69, 9.17) is 17.7 Å². The Kier molecular flexibility index (Phi) is 19.4. The monoisotopic (exact) mass is 675 g/mol. The van der Waals surface area contributed by atoms with Crippen molar-refractivity contribution in [3.63, 3.8) is 0 Å². The van der Waals surface area contributed by atoms with Crippen LogP contribution in [0, 0.1) is 48.3 Å². The fourth-order valence-corrected chi connectivity index (χ4v) is 3.20. The molecule has 1 N–H and O–H groups in total. The van der Waals surface area contributed by atoms with Crippen molar-refractivity contribution in [2.45, 2.75) is 59.5 Å².